The number of fused-ring (bicyclic) bond motifs is 5. The van der Waals surface area contributed by atoms with Gasteiger partial charge in [-0.2, -0.15) is 0 Å². The Hall–Kier alpha value is -2.64. The van der Waals surface area contributed by atoms with Crippen molar-refractivity contribution in [3.63, 3.8) is 0 Å². The van der Waals surface area contributed by atoms with Gasteiger partial charge >= 0.3 is 17.6 Å². The molecule has 0 aliphatic heterocycles. The summed E-state index contributed by atoms with van der Waals surface area (Å²) in [6.07, 6.45) is -2.20. The highest BCUT2D eigenvalue weighted by Crippen LogP contribution is 2.67. The molecule has 0 amide bonds. The van der Waals surface area contributed by atoms with Crippen molar-refractivity contribution in [3.8, 4) is 0 Å². The first kappa shape index (κ1) is 31.8. The zero-order valence-electron chi connectivity index (χ0n) is 24.5. The topological polar surface area (TPSA) is 201 Å². The lowest BCUT2D eigenvalue weighted by Gasteiger charge is -2.63. The lowest BCUT2D eigenvalue weighted by molar-refractivity contribution is -0.247. The molecule has 4 saturated carbocycles. The number of aliphatic hydroxyl groups excluding tert-OH is 4. The van der Waals surface area contributed by atoms with Crippen LogP contribution in [0.25, 0.3) is 0 Å². The smallest absolute Gasteiger partial charge is 0.338 e. The molecule has 0 aromatic carbocycles. The Bertz CT molecular complexity index is 1260. The standard InChI is InChI=1S/C31H42O12/c1-16(33)25(36)26(37)27(38)28(39)42-19-7-10-29(15-32)22-5-4-21-20(18-3-6-24(35)41-14-18)8-12-31(21,40)23(22)9-11-30(29,13-19)43-17(2)34/h3,6,14-16,19-23,25-27,33,36-38,40H,4-5,7-13H2,1-2H3/t16-,19-,20+,21+,22-,23+,25-,26+,27+,29-,30-,31+/m0/s1. The Morgan fingerprint density at radius 2 is 1.70 bits per heavy atom. The minimum atomic E-state index is -2.12. The van der Waals surface area contributed by atoms with Crippen LogP contribution in [0.4, 0.5) is 0 Å². The van der Waals surface area contributed by atoms with Crippen LogP contribution < -0.4 is 5.63 Å². The molecule has 12 atom stereocenters. The second-order valence-electron chi connectivity index (χ2n) is 13.2. The van der Waals surface area contributed by atoms with Gasteiger partial charge in [0.25, 0.3) is 0 Å². The largest absolute Gasteiger partial charge is 0.460 e. The summed E-state index contributed by atoms with van der Waals surface area (Å²) >= 11 is 0. The summed E-state index contributed by atoms with van der Waals surface area (Å²) in [6.45, 7) is 2.45. The molecule has 43 heavy (non-hydrogen) atoms. The molecule has 0 bridgehead atoms. The zero-order chi connectivity index (χ0) is 31.3. The second kappa shape index (κ2) is 11.7. The average molecular weight is 607 g/mol. The van der Waals surface area contributed by atoms with E-state index in [2.05, 4.69) is 0 Å². The van der Waals surface area contributed by atoms with Gasteiger partial charge in [-0.15, -0.1) is 0 Å². The minimum absolute atomic E-state index is 0.00438. The SMILES string of the molecule is CC(=O)O[C@]12CC[C@@H]3[C@H](CC[C@@H]4[C@@H](c5ccc(=O)oc5)CC[C@@]43O)[C@@]1(C=O)CC[C@H](OC(=O)[C@H](O)[C@H](O)[C@@H](O)[C@H](C)O)C2. The summed E-state index contributed by atoms with van der Waals surface area (Å²) in [5.41, 5.74) is -3.07. The van der Waals surface area contributed by atoms with Crippen molar-refractivity contribution in [2.75, 3.05) is 0 Å². The van der Waals surface area contributed by atoms with E-state index in [0.717, 1.165) is 11.8 Å². The molecule has 0 saturated heterocycles. The molecule has 1 aromatic heterocycles. The van der Waals surface area contributed by atoms with E-state index in [1.165, 1.54) is 26.2 Å². The van der Waals surface area contributed by atoms with E-state index in [1.54, 1.807) is 6.07 Å². The first-order chi connectivity index (χ1) is 20.3. The van der Waals surface area contributed by atoms with Gasteiger partial charge in [-0.25, -0.2) is 9.59 Å². The van der Waals surface area contributed by atoms with Crippen LogP contribution in [0.15, 0.2) is 27.6 Å². The van der Waals surface area contributed by atoms with Crippen LogP contribution in [0.5, 0.6) is 0 Å². The number of hydrogen-bond donors (Lipinski definition) is 5. The van der Waals surface area contributed by atoms with Crippen LogP contribution in [-0.2, 0) is 23.9 Å². The number of aliphatic hydroxyl groups is 5. The number of carbonyl (C=O) groups excluding carboxylic acids is 3. The van der Waals surface area contributed by atoms with E-state index >= 15 is 0 Å². The summed E-state index contributed by atoms with van der Waals surface area (Å²) in [4.78, 5) is 49.9. The molecule has 1 heterocycles. The Morgan fingerprint density at radius 1 is 0.977 bits per heavy atom. The predicted octanol–water partition coefficient (Wildman–Crippen LogP) is 0.731. The minimum Gasteiger partial charge on any atom is -0.460 e. The molecule has 12 nitrogen and oxygen atoms in total. The maximum atomic E-state index is 13.2. The second-order valence-corrected chi connectivity index (χ2v) is 13.2. The summed E-state index contributed by atoms with van der Waals surface area (Å²) in [5.74, 6) is -2.41. The summed E-state index contributed by atoms with van der Waals surface area (Å²) in [7, 11) is 0. The fourth-order valence-corrected chi connectivity index (χ4v) is 9.19. The Labute approximate surface area is 249 Å². The molecule has 0 radical (unpaired) electrons. The molecule has 4 aliphatic carbocycles. The van der Waals surface area contributed by atoms with Gasteiger partial charge in [0.1, 0.15) is 30.2 Å². The van der Waals surface area contributed by atoms with Gasteiger partial charge in [0, 0.05) is 19.4 Å². The Balaban J connectivity index is 1.39. The van der Waals surface area contributed by atoms with Crippen molar-refractivity contribution in [1.29, 1.82) is 0 Å². The van der Waals surface area contributed by atoms with Crippen LogP contribution in [0.2, 0.25) is 0 Å². The highest BCUT2D eigenvalue weighted by Gasteiger charge is 2.70. The van der Waals surface area contributed by atoms with Gasteiger partial charge in [-0.1, -0.05) is 0 Å². The number of aldehydes is 1. The maximum absolute atomic E-state index is 13.2. The number of carbonyl (C=O) groups is 3. The fourth-order valence-electron chi connectivity index (χ4n) is 9.19. The van der Waals surface area contributed by atoms with Crippen molar-refractivity contribution < 1.29 is 53.8 Å². The van der Waals surface area contributed by atoms with Crippen LogP contribution in [0, 0.1) is 23.2 Å². The third-order valence-electron chi connectivity index (χ3n) is 11.1. The fraction of sp³-hybridized carbons (Fsp3) is 0.742. The van der Waals surface area contributed by atoms with Gasteiger partial charge in [0.15, 0.2) is 6.10 Å². The maximum Gasteiger partial charge on any atom is 0.338 e. The van der Waals surface area contributed by atoms with E-state index in [4.69, 9.17) is 13.9 Å². The molecule has 4 aliphatic rings. The molecule has 0 unspecified atom stereocenters. The van der Waals surface area contributed by atoms with Crippen molar-refractivity contribution in [1.82, 2.24) is 0 Å². The normalized spacial score (nSPS) is 39.7. The first-order valence-corrected chi connectivity index (χ1v) is 15.2. The van der Waals surface area contributed by atoms with E-state index in [-0.39, 0.29) is 49.4 Å². The van der Waals surface area contributed by atoms with Gasteiger partial charge in [0.2, 0.25) is 0 Å². The van der Waals surface area contributed by atoms with Crippen molar-refractivity contribution >= 4 is 18.2 Å². The lowest BCUT2D eigenvalue weighted by Crippen LogP contribution is -2.68. The molecule has 4 fully saturated rings. The predicted molar refractivity (Wildman–Crippen MR) is 147 cm³/mol. The highest BCUT2D eigenvalue weighted by molar-refractivity contribution is 5.75. The van der Waals surface area contributed by atoms with Crippen molar-refractivity contribution in [3.05, 3.63) is 34.4 Å². The monoisotopic (exact) mass is 606 g/mol. The first-order valence-electron chi connectivity index (χ1n) is 15.2. The molecule has 5 rings (SSSR count). The van der Waals surface area contributed by atoms with Crippen LogP contribution in [0.3, 0.4) is 0 Å². The molecular weight excluding hydrogens is 564 g/mol. The number of rotatable bonds is 8. The van der Waals surface area contributed by atoms with E-state index in [9.17, 15) is 44.7 Å². The van der Waals surface area contributed by atoms with Crippen molar-refractivity contribution in [2.45, 2.75) is 119 Å². The third-order valence-corrected chi connectivity index (χ3v) is 11.1. The molecule has 12 heteroatoms. The van der Waals surface area contributed by atoms with Crippen LogP contribution in [-0.4, -0.2) is 85.5 Å². The molecule has 5 N–H and O–H groups in total. The van der Waals surface area contributed by atoms with Gasteiger partial charge in [-0.3, -0.25) is 4.79 Å². The Kier molecular flexibility index (Phi) is 8.65. The number of esters is 2. The van der Waals surface area contributed by atoms with Crippen LogP contribution in [0.1, 0.15) is 83.1 Å². The quantitative estimate of drug-likeness (QED) is 0.205. The number of ether oxygens (including phenoxy) is 2. The van der Waals surface area contributed by atoms with Gasteiger partial charge in [-0.05, 0) is 93.6 Å². The van der Waals surface area contributed by atoms with E-state index < -0.39 is 64.7 Å². The molecule has 0 spiro atoms. The average Bonchev–Trinajstić information content (AvgIpc) is 3.32. The van der Waals surface area contributed by atoms with Crippen molar-refractivity contribution in [2.24, 2.45) is 23.2 Å². The molecular formula is C31H42O12. The molecule has 238 valence electrons. The number of hydrogen-bond acceptors (Lipinski definition) is 12. The highest BCUT2D eigenvalue weighted by atomic mass is 16.6. The summed E-state index contributed by atoms with van der Waals surface area (Å²) in [6, 6.07) is 3.13. The summed E-state index contributed by atoms with van der Waals surface area (Å²) < 4.78 is 16.6. The molecule has 1 aromatic rings. The summed E-state index contributed by atoms with van der Waals surface area (Å²) in [5, 5.41) is 52.0. The zero-order valence-corrected chi connectivity index (χ0v) is 24.5. The van der Waals surface area contributed by atoms with E-state index in [1.807, 2.05) is 0 Å². The lowest BCUT2D eigenvalue weighted by atomic mass is 9.44. The Morgan fingerprint density at radius 3 is 2.33 bits per heavy atom. The van der Waals surface area contributed by atoms with E-state index in [0.29, 0.717) is 32.1 Å². The third kappa shape index (κ3) is 5.24. The van der Waals surface area contributed by atoms with Gasteiger partial charge in [0.05, 0.1) is 23.4 Å². The van der Waals surface area contributed by atoms with Gasteiger partial charge < -0.3 is 44.2 Å². The van der Waals surface area contributed by atoms with Crippen LogP contribution >= 0.6 is 0 Å².